The van der Waals surface area contributed by atoms with Crippen molar-refractivity contribution < 1.29 is 57.9 Å². The van der Waals surface area contributed by atoms with Gasteiger partial charge in [-0.1, -0.05) is 69.3 Å². The molecule has 2 saturated heterocycles. The van der Waals surface area contributed by atoms with Crippen LogP contribution < -0.4 is 21.3 Å². The molecule has 5 heterocycles. The summed E-state index contributed by atoms with van der Waals surface area (Å²) in [6, 6.07) is 16.2. The first-order chi connectivity index (χ1) is 39.6. The van der Waals surface area contributed by atoms with E-state index in [1.807, 2.05) is 63.5 Å². The van der Waals surface area contributed by atoms with Gasteiger partial charge in [0.2, 0.25) is 17.7 Å². The Kier molecular flexibility index (Phi) is 25.5. The summed E-state index contributed by atoms with van der Waals surface area (Å²) in [6.45, 7) is 15.7. The van der Waals surface area contributed by atoms with Crippen molar-refractivity contribution in [1.29, 1.82) is 0 Å². The van der Waals surface area contributed by atoms with E-state index in [-0.39, 0.29) is 80.9 Å². The molecule has 3 aliphatic rings. The summed E-state index contributed by atoms with van der Waals surface area (Å²) >= 11 is 1.57. The van der Waals surface area contributed by atoms with Crippen molar-refractivity contribution in [3.05, 3.63) is 94.5 Å². The van der Waals surface area contributed by atoms with Crippen LogP contribution in [0.25, 0.3) is 10.4 Å². The largest absolute Gasteiger partial charge is 0.391 e. The van der Waals surface area contributed by atoms with Gasteiger partial charge in [-0.2, -0.15) is 0 Å². The number of ketones is 1. The van der Waals surface area contributed by atoms with Crippen molar-refractivity contribution in [2.24, 2.45) is 5.41 Å². The smallest absolute Gasteiger partial charge is 0.270 e. The highest BCUT2D eigenvalue weighted by Gasteiger charge is 2.44. The molecule has 4 amide bonds. The van der Waals surface area contributed by atoms with Gasteiger partial charge in [0.1, 0.15) is 35.7 Å². The number of amides is 4. The molecule has 82 heavy (non-hydrogen) atoms. The second-order valence-corrected chi connectivity index (χ2v) is 23.0. The van der Waals surface area contributed by atoms with Crippen molar-refractivity contribution in [2.45, 2.75) is 110 Å². The number of aliphatic hydroxyl groups excluding tert-OH is 2. The third-order valence-electron chi connectivity index (χ3n) is 14.5. The van der Waals surface area contributed by atoms with Gasteiger partial charge >= 0.3 is 0 Å². The lowest BCUT2D eigenvalue weighted by atomic mass is 9.85. The van der Waals surface area contributed by atoms with Gasteiger partial charge < -0.3 is 60.1 Å². The van der Waals surface area contributed by atoms with Crippen LogP contribution in [0.15, 0.2) is 66.4 Å². The molecule has 0 bridgehead atoms. The number of likely N-dealkylation sites (tertiary alicyclic amines) is 2. The number of rotatable bonds is 35. The SMILES string of the molecule is Cc1ncsc1-c1ccc(CNC(=O)[C@@H]2C[C@@H](O)CN2C(=O)[C@@H](NC(=O)CCOCCOCCOCCOCCOCCC(=O)CCCN2CC(Nc3cc(C(=O)NC[C@H](O)CN4CCc5ccccc5C4)ncn3)C2)C(C)(C)C)cc1. The number of anilines is 1. The lowest BCUT2D eigenvalue weighted by Gasteiger charge is -2.39. The second kappa shape index (κ2) is 32.8. The standard InChI is InChI=1S/C59H84N10O12S/c1-41-54(82-40-64-41)44-13-11-42(12-14-44)32-60-57(75)51-30-48(71)38-69(51)58(76)55(59(2,3)4)66-53(73)17-21-78-23-25-80-27-29-81-28-26-79-24-22-77-20-16-47(70)10-7-18-67-35-46(36-67)65-52-31-50(62-39-63-52)56(74)61-33-49(72)37-68-19-15-43-8-5-6-9-45(43)34-68/h5-6,8-9,11-14,31,39-40,46,48-49,51,55,71-72H,7,10,15-30,32-38H2,1-4H3,(H,60,75)(H,61,74)(H,66,73)(H,62,63,65)/t48-,49+,51+,55-/m1/s1. The third kappa shape index (κ3) is 20.8. The number of benzene rings is 2. The van der Waals surface area contributed by atoms with E-state index in [9.17, 15) is 34.2 Å². The third-order valence-corrected chi connectivity index (χ3v) is 15.5. The van der Waals surface area contributed by atoms with Gasteiger partial charge in [0, 0.05) is 84.1 Å². The average Bonchev–Trinajstić information content (AvgIpc) is 4.14. The number of hydrogen-bond acceptors (Lipinski definition) is 19. The van der Waals surface area contributed by atoms with Crippen molar-refractivity contribution in [3.8, 4) is 10.4 Å². The Balaban J connectivity index is 0.629. The highest BCUT2D eigenvalue weighted by molar-refractivity contribution is 7.13. The molecular formula is C59H84N10O12S. The number of Topliss-reactive ketones (excluding diaryl/α,β-unsaturated/α-hetero) is 1. The molecule has 2 aromatic heterocycles. The number of β-amino-alcohol motifs (C(OH)–C–C–N with tert-alkyl or cyclic N) is 2. The molecule has 448 valence electrons. The maximum Gasteiger partial charge on any atom is 0.270 e. The van der Waals surface area contributed by atoms with E-state index in [4.69, 9.17) is 23.7 Å². The lowest BCUT2D eigenvalue weighted by molar-refractivity contribution is -0.144. The molecule has 0 unspecified atom stereocenters. The topological polar surface area (TPSA) is 268 Å². The number of hydrogen-bond donors (Lipinski definition) is 6. The zero-order valence-corrected chi connectivity index (χ0v) is 48.8. The molecule has 4 aromatic rings. The predicted octanol–water partition coefficient (Wildman–Crippen LogP) is 3.18. The minimum absolute atomic E-state index is 0.0104. The summed E-state index contributed by atoms with van der Waals surface area (Å²) in [7, 11) is 0. The number of nitrogens with one attached hydrogen (secondary N) is 4. The first kappa shape index (κ1) is 63.7. The van der Waals surface area contributed by atoms with Crippen LogP contribution in [0.2, 0.25) is 0 Å². The van der Waals surface area contributed by atoms with Crippen molar-refractivity contribution >= 4 is 46.6 Å². The highest BCUT2D eigenvalue weighted by Crippen LogP contribution is 2.29. The minimum Gasteiger partial charge on any atom is -0.391 e. The second-order valence-electron chi connectivity index (χ2n) is 22.2. The molecule has 2 aromatic carbocycles. The molecule has 2 fully saturated rings. The number of thiazole rings is 1. The van der Waals surface area contributed by atoms with Gasteiger partial charge in [-0.05, 0) is 54.0 Å². The number of aromatic nitrogens is 3. The highest BCUT2D eigenvalue weighted by atomic mass is 32.1. The Bertz CT molecular complexity index is 2650. The summed E-state index contributed by atoms with van der Waals surface area (Å²) in [5, 5.41) is 33.1. The van der Waals surface area contributed by atoms with Crippen LogP contribution in [0.4, 0.5) is 5.82 Å². The first-order valence-corrected chi connectivity index (χ1v) is 29.5. The van der Waals surface area contributed by atoms with E-state index in [2.05, 4.69) is 64.2 Å². The van der Waals surface area contributed by atoms with E-state index in [0.29, 0.717) is 78.1 Å². The number of carbonyl (C=O) groups excluding carboxylic acids is 5. The van der Waals surface area contributed by atoms with Crippen molar-refractivity contribution in [1.82, 2.24) is 45.6 Å². The molecule has 0 saturated carbocycles. The predicted molar refractivity (Wildman–Crippen MR) is 309 cm³/mol. The Morgan fingerprint density at radius 2 is 1.44 bits per heavy atom. The van der Waals surface area contributed by atoms with Gasteiger partial charge in [0.05, 0.1) is 100 Å². The molecule has 0 spiro atoms. The maximum absolute atomic E-state index is 13.9. The summed E-state index contributed by atoms with van der Waals surface area (Å²) in [5.41, 5.74) is 6.89. The van der Waals surface area contributed by atoms with Crippen LogP contribution in [0.3, 0.4) is 0 Å². The van der Waals surface area contributed by atoms with Gasteiger partial charge in [0.25, 0.3) is 5.91 Å². The fraction of sp³-hybridized carbons (Fsp3) is 0.593. The molecular weight excluding hydrogens is 1070 g/mol. The fourth-order valence-electron chi connectivity index (χ4n) is 9.96. The quantitative estimate of drug-likeness (QED) is 0.0361. The monoisotopic (exact) mass is 1160 g/mol. The van der Waals surface area contributed by atoms with Crippen LogP contribution in [0.5, 0.6) is 0 Å². The van der Waals surface area contributed by atoms with Crippen LogP contribution in [0, 0.1) is 12.3 Å². The Labute approximate surface area is 485 Å². The van der Waals surface area contributed by atoms with E-state index in [1.54, 1.807) is 17.4 Å². The van der Waals surface area contributed by atoms with Gasteiger partial charge in [0.15, 0.2) is 0 Å². The van der Waals surface area contributed by atoms with Gasteiger partial charge in [-0.25, -0.2) is 15.0 Å². The summed E-state index contributed by atoms with van der Waals surface area (Å²) in [5.74, 6) is -0.800. The average molecular weight is 1160 g/mol. The van der Waals surface area contributed by atoms with Gasteiger partial charge in [-0.3, -0.25) is 33.8 Å². The number of nitrogens with zero attached hydrogens (tertiary/aromatic N) is 6. The first-order valence-electron chi connectivity index (χ1n) is 28.6. The summed E-state index contributed by atoms with van der Waals surface area (Å²) in [6.07, 6.45) is 2.46. The van der Waals surface area contributed by atoms with Crippen LogP contribution in [0.1, 0.15) is 85.7 Å². The zero-order chi connectivity index (χ0) is 58.3. The minimum atomic E-state index is -0.935. The van der Waals surface area contributed by atoms with Crippen LogP contribution >= 0.6 is 11.3 Å². The van der Waals surface area contributed by atoms with E-state index in [0.717, 1.165) is 67.3 Å². The van der Waals surface area contributed by atoms with Crippen molar-refractivity contribution in [3.63, 3.8) is 0 Å². The number of fused-ring (bicyclic) bond motifs is 1. The number of ether oxygens (including phenoxy) is 5. The van der Waals surface area contributed by atoms with E-state index >= 15 is 0 Å². The van der Waals surface area contributed by atoms with E-state index < -0.39 is 35.6 Å². The molecule has 0 radical (unpaired) electrons. The Hall–Kier alpha value is -5.86. The molecule has 0 aliphatic carbocycles. The Morgan fingerprint density at radius 3 is 2.10 bits per heavy atom. The molecule has 3 aliphatic heterocycles. The normalized spacial score (nSPS) is 17.4. The van der Waals surface area contributed by atoms with E-state index in [1.165, 1.54) is 22.4 Å². The summed E-state index contributed by atoms with van der Waals surface area (Å²) in [4.78, 5) is 85.4. The summed E-state index contributed by atoms with van der Waals surface area (Å²) < 4.78 is 27.9. The Morgan fingerprint density at radius 1 is 0.780 bits per heavy atom. The van der Waals surface area contributed by atoms with Crippen LogP contribution in [-0.4, -0.2) is 211 Å². The molecule has 6 N–H and O–H groups in total. The lowest BCUT2D eigenvalue weighted by Crippen LogP contribution is -2.57. The van der Waals surface area contributed by atoms with Crippen molar-refractivity contribution in [2.75, 3.05) is 117 Å². The maximum atomic E-state index is 13.9. The molecule has 22 nitrogen and oxygen atoms in total. The molecule has 23 heteroatoms. The van der Waals surface area contributed by atoms with Gasteiger partial charge in [-0.15, -0.1) is 11.3 Å². The number of carbonyl (C=O) groups is 5. The fourth-order valence-corrected chi connectivity index (χ4v) is 10.8. The number of aryl methyl sites for hydroxylation is 1. The van der Waals surface area contributed by atoms with Crippen LogP contribution in [-0.2, 0) is 62.4 Å². The molecule has 7 rings (SSSR count). The zero-order valence-electron chi connectivity index (χ0n) is 48.0. The molecule has 4 atom stereocenters. The number of aliphatic hydroxyl groups is 2.